The van der Waals surface area contributed by atoms with E-state index in [1.165, 1.54) is 17.3 Å². The molecule has 1 aliphatic heterocycles. The first-order chi connectivity index (χ1) is 28.5. The van der Waals surface area contributed by atoms with Gasteiger partial charge in [-0.1, -0.05) is 97.1 Å². The van der Waals surface area contributed by atoms with Gasteiger partial charge in [0, 0.05) is 57.8 Å². The molecule has 1 atom stereocenters. The van der Waals surface area contributed by atoms with Crippen LogP contribution in [0.1, 0.15) is 33.3 Å². The van der Waals surface area contributed by atoms with Gasteiger partial charge in [-0.3, -0.25) is 19.7 Å². The summed E-state index contributed by atoms with van der Waals surface area (Å²) in [7, 11) is 0. The van der Waals surface area contributed by atoms with Crippen molar-refractivity contribution in [1.82, 2.24) is 14.5 Å². The van der Waals surface area contributed by atoms with Crippen LogP contribution in [0.2, 0.25) is 0 Å². The minimum atomic E-state index is -1.25. The summed E-state index contributed by atoms with van der Waals surface area (Å²) in [4.78, 5) is 25.2. The third-order valence-corrected chi connectivity index (χ3v) is 10.9. The van der Waals surface area contributed by atoms with Gasteiger partial charge >= 0.3 is 0 Å². The molecule has 0 saturated heterocycles. The zero-order chi connectivity index (χ0) is 39.3. The second kappa shape index (κ2) is 13.8. The molecule has 0 bridgehead atoms. The number of benzene rings is 6. The molecule has 0 saturated carbocycles. The maximum atomic E-state index is 15.1. The van der Waals surface area contributed by atoms with E-state index in [1.807, 2.05) is 133 Å². The first-order valence-corrected chi connectivity index (χ1v) is 18.7. The van der Waals surface area contributed by atoms with Crippen LogP contribution in [-0.4, -0.2) is 25.5 Å². The molecule has 58 heavy (non-hydrogen) atoms. The Morgan fingerprint density at radius 1 is 0.517 bits per heavy atom. The number of amides is 1. The highest BCUT2D eigenvalue weighted by molar-refractivity contribution is 6.17. The van der Waals surface area contributed by atoms with Gasteiger partial charge in [-0.05, 0) is 76.3 Å². The average Bonchev–Trinajstić information content (AvgIpc) is 3.75. The smallest absolute Gasteiger partial charge is 0.263 e. The molecule has 4 heterocycles. The van der Waals surface area contributed by atoms with Crippen molar-refractivity contribution in [3.8, 4) is 62.3 Å². The van der Waals surface area contributed by atoms with Crippen LogP contribution in [0.5, 0.6) is 0 Å². The molecule has 0 radical (unpaired) electrons. The third-order valence-electron chi connectivity index (χ3n) is 10.9. The van der Waals surface area contributed by atoms with Gasteiger partial charge in [-0.25, -0.2) is 0 Å². The van der Waals surface area contributed by atoms with E-state index in [0.717, 1.165) is 66.3 Å². The molecule has 0 spiro atoms. The number of aliphatic hydroxyl groups is 1. The summed E-state index contributed by atoms with van der Waals surface area (Å²) in [5.41, 5.74) is 11.7. The predicted octanol–water partition coefficient (Wildman–Crippen LogP) is 10.6. The lowest BCUT2D eigenvalue weighted by Crippen LogP contribution is -2.28. The molecule has 1 N–H and O–H groups in total. The lowest BCUT2D eigenvalue weighted by molar-refractivity contribution is 0.0935. The number of aliphatic hydroxyl groups excluding tert-OH is 1. The zero-order valence-corrected chi connectivity index (χ0v) is 30.8. The van der Waals surface area contributed by atoms with Crippen LogP contribution in [0.3, 0.4) is 0 Å². The molecule has 0 fully saturated rings. The van der Waals surface area contributed by atoms with Crippen molar-refractivity contribution < 1.29 is 9.90 Å². The molecular formula is C50H30N6O2. The van der Waals surface area contributed by atoms with Gasteiger partial charge in [0.15, 0.2) is 6.23 Å². The Kier molecular flexibility index (Phi) is 8.19. The van der Waals surface area contributed by atoms with Gasteiger partial charge in [0.05, 0.1) is 39.1 Å². The number of carbonyl (C=O) groups is 1. The van der Waals surface area contributed by atoms with Crippen LogP contribution >= 0.6 is 0 Å². The SMILES string of the molecule is N#Cc1cncc(-c2ccc3c(c2)c2cc(-c4cncc(C#N)c4)ccc2n3-c2cccc3c2C(=O)N(c2cc(-c4ccccc4)ccc2-c2ccccc2)C3O)c1. The highest BCUT2D eigenvalue weighted by atomic mass is 16.3. The van der Waals surface area contributed by atoms with E-state index in [9.17, 15) is 15.6 Å². The monoisotopic (exact) mass is 746 g/mol. The van der Waals surface area contributed by atoms with Gasteiger partial charge in [0.2, 0.25) is 0 Å². The largest absolute Gasteiger partial charge is 0.369 e. The minimum Gasteiger partial charge on any atom is -0.369 e. The number of anilines is 1. The van der Waals surface area contributed by atoms with Gasteiger partial charge < -0.3 is 9.67 Å². The van der Waals surface area contributed by atoms with Crippen LogP contribution in [-0.2, 0) is 0 Å². The first-order valence-electron chi connectivity index (χ1n) is 18.7. The fraction of sp³-hybridized carbons (Fsp3) is 0.0200. The molecular weight excluding hydrogens is 717 g/mol. The van der Waals surface area contributed by atoms with Gasteiger partial charge in [-0.15, -0.1) is 0 Å². The standard InChI is InChI=1S/C50H30N6O2/c51-25-31-20-38(29-53-27-31)35-15-18-44-42(22-35)43-23-36(39-21-32(26-52)28-54-30-39)16-19-45(43)55(44)46-13-7-12-41-48(46)50(58)56(49(41)57)47-24-37(33-8-3-1-4-9-33)14-17-40(47)34-10-5-2-6-11-34/h1-24,27-30,49,57H. The first kappa shape index (κ1) is 34.3. The number of hydrogen-bond acceptors (Lipinski definition) is 6. The van der Waals surface area contributed by atoms with Crippen LogP contribution in [0, 0.1) is 22.7 Å². The van der Waals surface area contributed by atoms with Crippen molar-refractivity contribution in [2.75, 3.05) is 4.90 Å². The van der Waals surface area contributed by atoms with E-state index in [4.69, 9.17) is 0 Å². The summed E-state index contributed by atoms with van der Waals surface area (Å²) < 4.78 is 2.08. The average molecular weight is 747 g/mol. The predicted molar refractivity (Wildman–Crippen MR) is 226 cm³/mol. The molecule has 3 aromatic heterocycles. The van der Waals surface area contributed by atoms with Crippen LogP contribution in [0.15, 0.2) is 170 Å². The summed E-state index contributed by atoms with van der Waals surface area (Å²) >= 11 is 0. The van der Waals surface area contributed by atoms with E-state index in [1.54, 1.807) is 12.4 Å². The van der Waals surface area contributed by atoms with Crippen LogP contribution in [0.4, 0.5) is 5.69 Å². The second-order valence-electron chi connectivity index (χ2n) is 14.2. The molecule has 1 amide bonds. The summed E-state index contributed by atoms with van der Waals surface area (Å²) in [6.07, 6.45) is 5.30. The Labute approximate surface area is 333 Å². The molecule has 272 valence electrons. The zero-order valence-electron chi connectivity index (χ0n) is 30.8. The summed E-state index contributed by atoms with van der Waals surface area (Å²) in [6.45, 7) is 0. The minimum absolute atomic E-state index is 0.317. The Morgan fingerprint density at radius 2 is 1.07 bits per heavy atom. The number of fused-ring (bicyclic) bond motifs is 4. The molecule has 8 heteroatoms. The van der Waals surface area contributed by atoms with Crippen molar-refractivity contribution >= 4 is 33.4 Å². The lowest BCUT2D eigenvalue weighted by Gasteiger charge is -2.25. The Hall–Kier alpha value is -8.17. The molecule has 10 rings (SSSR count). The number of hydrogen-bond donors (Lipinski definition) is 1. The summed E-state index contributed by atoms with van der Waals surface area (Å²) in [5.74, 6) is -0.317. The summed E-state index contributed by atoms with van der Waals surface area (Å²) in [6, 6.07) is 51.7. The number of carbonyl (C=O) groups excluding carboxylic acids is 1. The quantitative estimate of drug-likeness (QED) is 0.181. The number of pyridine rings is 2. The van der Waals surface area contributed by atoms with E-state index in [0.29, 0.717) is 33.6 Å². The van der Waals surface area contributed by atoms with Crippen LogP contribution in [0.25, 0.3) is 72.0 Å². The highest BCUT2D eigenvalue weighted by Crippen LogP contribution is 2.46. The van der Waals surface area contributed by atoms with Crippen molar-refractivity contribution in [2.45, 2.75) is 6.23 Å². The molecule has 1 unspecified atom stereocenters. The van der Waals surface area contributed by atoms with Crippen LogP contribution < -0.4 is 4.90 Å². The van der Waals surface area contributed by atoms with E-state index < -0.39 is 6.23 Å². The van der Waals surface area contributed by atoms with Crippen molar-refractivity contribution in [2.24, 2.45) is 0 Å². The Balaban J connectivity index is 1.18. The Bertz CT molecular complexity index is 3080. The molecule has 9 aromatic rings. The summed E-state index contributed by atoms with van der Waals surface area (Å²) in [5, 5.41) is 33.2. The van der Waals surface area contributed by atoms with Gasteiger partial charge in [0.25, 0.3) is 5.91 Å². The van der Waals surface area contributed by atoms with Gasteiger partial charge in [0.1, 0.15) is 12.1 Å². The normalized spacial score (nSPS) is 13.4. The molecule has 0 aliphatic carbocycles. The maximum absolute atomic E-state index is 15.1. The number of nitriles is 2. The molecule has 8 nitrogen and oxygen atoms in total. The molecule has 6 aromatic carbocycles. The van der Waals surface area contributed by atoms with E-state index >= 15 is 4.79 Å². The highest BCUT2D eigenvalue weighted by Gasteiger charge is 2.40. The van der Waals surface area contributed by atoms with Crippen molar-refractivity contribution in [1.29, 1.82) is 10.5 Å². The fourth-order valence-electron chi connectivity index (χ4n) is 8.17. The van der Waals surface area contributed by atoms with Crippen molar-refractivity contribution in [3.63, 3.8) is 0 Å². The van der Waals surface area contributed by atoms with E-state index in [2.05, 4.69) is 38.8 Å². The number of aromatic nitrogens is 3. The second-order valence-corrected chi connectivity index (χ2v) is 14.2. The molecule has 1 aliphatic rings. The maximum Gasteiger partial charge on any atom is 0.263 e. The van der Waals surface area contributed by atoms with Crippen molar-refractivity contribution in [3.05, 3.63) is 193 Å². The lowest BCUT2D eigenvalue weighted by atomic mass is 9.97. The Morgan fingerprint density at radius 3 is 1.66 bits per heavy atom. The fourth-order valence-corrected chi connectivity index (χ4v) is 8.17. The third kappa shape index (κ3) is 5.60. The van der Waals surface area contributed by atoms with E-state index in [-0.39, 0.29) is 5.91 Å². The number of rotatable bonds is 6. The van der Waals surface area contributed by atoms with Gasteiger partial charge in [-0.2, -0.15) is 10.5 Å². The number of nitrogens with zero attached hydrogens (tertiary/aromatic N) is 6. The topological polar surface area (TPSA) is 119 Å².